The number of carbonyl (C=O) groups is 1. The van der Waals surface area contributed by atoms with Crippen LogP contribution in [-0.2, 0) is 6.61 Å². The third-order valence-electron chi connectivity index (χ3n) is 2.81. The summed E-state index contributed by atoms with van der Waals surface area (Å²) in [6, 6.07) is 8.78. The Kier molecular flexibility index (Phi) is 4.80. The van der Waals surface area contributed by atoms with Gasteiger partial charge in [0.25, 0.3) is 0 Å². The van der Waals surface area contributed by atoms with Crippen molar-refractivity contribution in [3.63, 3.8) is 0 Å². The van der Waals surface area contributed by atoms with Gasteiger partial charge in [-0.05, 0) is 30.3 Å². The molecule has 1 N–H and O–H groups in total. The molecule has 6 heteroatoms. The second-order valence-electron chi connectivity index (χ2n) is 4.17. The second-order valence-corrected chi connectivity index (χ2v) is 5.02. The number of hydrogen-bond donors (Lipinski definition) is 1. The van der Waals surface area contributed by atoms with Crippen molar-refractivity contribution < 1.29 is 23.8 Å². The highest BCUT2D eigenvalue weighted by Gasteiger charge is 2.16. The van der Waals surface area contributed by atoms with Crippen molar-refractivity contribution in [3.05, 3.63) is 57.8 Å². The van der Waals surface area contributed by atoms with Crippen LogP contribution in [0.2, 0.25) is 0 Å². The minimum absolute atomic E-state index is 0.0122. The predicted octanol–water partition coefficient (Wildman–Crippen LogP) is 3.87. The summed E-state index contributed by atoms with van der Waals surface area (Å²) in [5.74, 6) is -1.09. The molecule has 2 aromatic carbocycles. The van der Waals surface area contributed by atoms with E-state index in [1.165, 1.54) is 25.3 Å². The van der Waals surface area contributed by atoms with Crippen molar-refractivity contribution in [2.45, 2.75) is 6.61 Å². The molecule has 0 radical (unpaired) electrons. The van der Waals surface area contributed by atoms with Gasteiger partial charge in [-0.1, -0.05) is 22.0 Å². The normalized spacial score (nSPS) is 10.2. The zero-order valence-corrected chi connectivity index (χ0v) is 12.7. The van der Waals surface area contributed by atoms with Gasteiger partial charge >= 0.3 is 5.97 Å². The number of para-hydroxylation sites is 1. The van der Waals surface area contributed by atoms with Crippen molar-refractivity contribution in [1.29, 1.82) is 0 Å². The van der Waals surface area contributed by atoms with Crippen LogP contribution in [0.4, 0.5) is 4.39 Å². The molecule has 0 aliphatic heterocycles. The Morgan fingerprint density at radius 2 is 2.10 bits per heavy atom. The molecule has 2 aromatic rings. The molecule has 0 bridgehead atoms. The van der Waals surface area contributed by atoms with Crippen LogP contribution in [-0.4, -0.2) is 18.2 Å². The predicted molar refractivity (Wildman–Crippen MR) is 78.4 cm³/mol. The molecule has 0 aromatic heterocycles. The van der Waals surface area contributed by atoms with Crippen LogP contribution in [0, 0.1) is 5.82 Å². The SMILES string of the molecule is COc1cccc(C(=O)O)c1OCc1cc(F)ccc1Br. The van der Waals surface area contributed by atoms with Crippen molar-refractivity contribution >= 4 is 21.9 Å². The Bertz CT molecular complexity index is 673. The maximum absolute atomic E-state index is 13.2. The summed E-state index contributed by atoms with van der Waals surface area (Å²) in [7, 11) is 1.42. The Balaban J connectivity index is 2.31. The molecular formula is C15H12BrFO4. The van der Waals surface area contributed by atoms with Gasteiger partial charge in [-0.3, -0.25) is 0 Å². The molecule has 0 unspecified atom stereocenters. The van der Waals surface area contributed by atoms with E-state index in [2.05, 4.69) is 15.9 Å². The van der Waals surface area contributed by atoms with Crippen LogP contribution in [0.3, 0.4) is 0 Å². The number of hydrogen-bond acceptors (Lipinski definition) is 3. The first-order chi connectivity index (χ1) is 10.0. The van der Waals surface area contributed by atoms with Crippen molar-refractivity contribution in [2.75, 3.05) is 7.11 Å². The van der Waals surface area contributed by atoms with Gasteiger partial charge in [-0.25, -0.2) is 9.18 Å². The molecule has 0 heterocycles. The summed E-state index contributed by atoms with van der Waals surface area (Å²) >= 11 is 3.29. The van der Waals surface area contributed by atoms with E-state index in [1.54, 1.807) is 18.2 Å². The number of carboxylic acids is 1. The van der Waals surface area contributed by atoms with Crippen LogP contribution in [0.5, 0.6) is 11.5 Å². The molecule has 0 aliphatic rings. The average Bonchev–Trinajstić information content (AvgIpc) is 2.47. The zero-order chi connectivity index (χ0) is 15.4. The maximum atomic E-state index is 13.2. The number of ether oxygens (including phenoxy) is 2. The van der Waals surface area contributed by atoms with Crippen molar-refractivity contribution in [1.82, 2.24) is 0 Å². The van der Waals surface area contributed by atoms with E-state index in [1.807, 2.05) is 0 Å². The van der Waals surface area contributed by atoms with E-state index in [-0.39, 0.29) is 17.9 Å². The summed E-state index contributed by atoms with van der Waals surface area (Å²) in [5.41, 5.74) is 0.555. The Hall–Kier alpha value is -2.08. The first-order valence-corrected chi connectivity index (χ1v) is 6.79. The van der Waals surface area contributed by atoms with E-state index in [9.17, 15) is 14.3 Å². The van der Waals surface area contributed by atoms with Crippen LogP contribution in [0.1, 0.15) is 15.9 Å². The molecule has 0 saturated carbocycles. The fourth-order valence-electron chi connectivity index (χ4n) is 1.80. The lowest BCUT2D eigenvalue weighted by Gasteiger charge is -2.13. The van der Waals surface area contributed by atoms with E-state index in [0.717, 1.165) is 0 Å². The summed E-state index contributed by atoms with van der Waals surface area (Å²) in [6.45, 7) is 0.0129. The van der Waals surface area contributed by atoms with Gasteiger partial charge < -0.3 is 14.6 Å². The van der Waals surface area contributed by atoms with E-state index >= 15 is 0 Å². The molecule has 0 atom stereocenters. The Labute approximate surface area is 129 Å². The highest BCUT2D eigenvalue weighted by molar-refractivity contribution is 9.10. The number of rotatable bonds is 5. The lowest BCUT2D eigenvalue weighted by molar-refractivity contribution is 0.0691. The molecule has 0 spiro atoms. The van der Waals surface area contributed by atoms with E-state index in [4.69, 9.17) is 9.47 Å². The van der Waals surface area contributed by atoms with Crippen LogP contribution >= 0.6 is 15.9 Å². The summed E-state index contributed by atoms with van der Waals surface area (Å²) in [6.07, 6.45) is 0. The Morgan fingerprint density at radius 3 is 2.76 bits per heavy atom. The van der Waals surface area contributed by atoms with Crippen LogP contribution < -0.4 is 9.47 Å². The van der Waals surface area contributed by atoms with Gasteiger partial charge in [0.2, 0.25) is 0 Å². The maximum Gasteiger partial charge on any atom is 0.339 e. The smallest absolute Gasteiger partial charge is 0.339 e. The topological polar surface area (TPSA) is 55.8 Å². The number of aromatic carboxylic acids is 1. The second kappa shape index (κ2) is 6.58. The molecule has 4 nitrogen and oxygen atoms in total. The average molecular weight is 355 g/mol. The summed E-state index contributed by atoms with van der Waals surface area (Å²) in [5, 5.41) is 9.18. The van der Waals surface area contributed by atoms with Gasteiger partial charge in [0, 0.05) is 10.0 Å². The monoisotopic (exact) mass is 354 g/mol. The molecule has 0 amide bonds. The number of benzene rings is 2. The van der Waals surface area contributed by atoms with Gasteiger partial charge in [0.1, 0.15) is 18.0 Å². The molecule has 21 heavy (non-hydrogen) atoms. The van der Waals surface area contributed by atoms with Crippen molar-refractivity contribution in [3.8, 4) is 11.5 Å². The molecule has 0 aliphatic carbocycles. The highest BCUT2D eigenvalue weighted by Crippen LogP contribution is 2.32. The third kappa shape index (κ3) is 3.52. The fraction of sp³-hybridized carbons (Fsp3) is 0.133. The molecular weight excluding hydrogens is 343 g/mol. The minimum atomic E-state index is -1.12. The molecule has 2 rings (SSSR count). The largest absolute Gasteiger partial charge is 0.493 e. The summed E-state index contributed by atoms with van der Waals surface area (Å²) in [4.78, 5) is 11.2. The van der Waals surface area contributed by atoms with E-state index < -0.39 is 11.8 Å². The summed E-state index contributed by atoms with van der Waals surface area (Å²) < 4.78 is 24.6. The van der Waals surface area contributed by atoms with Gasteiger partial charge in [-0.15, -0.1) is 0 Å². The number of halogens is 2. The fourth-order valence-corrected chi connectivity index (χ4v) is 2.16. The third-order valence-corrected chi connectivity index (χ3v) is 3.58. The molecule has 0 fully saturated rings. The lowest BCUT2D eigenvalue weighted by Crippen LogP contribution is -2.05. The quantitative estimate of drug-likeness (QED) is 0.885. The van der Waals surface area contributed by atoms with Gasteiger partial charge in [0.15, 0.2) is 11.5 Å². The van der Waals surface area contributed by atoms with E-state index in [0.29, 0.717) is 15.8 Å². The van der Waals surface area contributed by atoms with Gasteiger partial charge in [-0.2, -0.15) is 0 Å². The first-order valence-electron chi connectivity index (χ1n) is 6.00. The molecule has 110 valence electrons. The van der Waals surface area contributed by atoms with Crippen LogP contribution in [0.25, 0.3) is 0 Å². The van der Waals surface area contributed by atoms with Crippen molar-refractivity contribution in [2.24, 2.45) is 0 Å². The van der Waals surface area contributed by atoms with Crippen LogP contribution in [0.15, 0.2) is 40.9 Å². The van der Waals surface area contributed by atoms with Gasteiger partial charge in [0.05, 0.1) is 7.11 Å². The zero-order valence-electron chi connectivity index (χ0n) is 11.1. The number of carboxylic acid groups (broad SMARTS) is 1. The number of methoxy groups -OCH3 is 1. The first kappa shape index (κ1) is 15.3. The highest BCUT2D eigenvalue weighted by atomic mass is 79.9. The minimum Gasteiger partial charge on any atom is -0.493 e. The molecule has 0 saturated heterocycles. The standard InChI is InChI=1S/C15H12BrFO4/c1-20-13-4-2-3-11(15(18)19)14(13)21-8-9-7-10(17)5-6-12(9)16/h2-7H,8H2,1H3,(H,18,19). The lowest BCUT2D eigenvalue weighted by atomic mass is 10.2. The Morgan fingerprint density at radius 1 is 1.33 bits per heavy atom.